The molecule has 0 saturated carbocycles. The van der Waals surface area contributed by atoms with Gasteiger partial charge in [0.1, 0.15) is 4.21 Å². The molecule has 0 bridgehead atoms. The first-order valence-electron chi connectivity index (χ1n) is 9.63. The van der Waals surface area contributed by atoms with Crippen LogP contribution in [0.15, 0.2) is 55.3 Å². The number of carbonyl (C=O) groups is 1. The smallest absolute Gasteiger partial charge is 0.322 e. The molecule has 1 fully saturated rings. The van der Waals surface area contributed by atoms with Gasteiger partial charge >= 0.3 is 6.01 Å². The minimum Gasteiger partial charge on any atom is -0.403 e. The average molecular weight is 497 g/mol. The second-order valence-corrected chi connectivity index (χ2v) is 12.5. The van der Waals surface area contributed by atoms with Crippen molar-refractivity contribution in [2.75, 3.05) is 24.7 Å². The predicted molar refractivity (Wildman–Crippen MR) is 117 cm³/mol. The number of piperidine rings is 1. The van der Waals surface area contributed by atoms with Gasteiger partial charge in [-0.2, -0.15) is 4.31 Å². The first-order chi connectivity index (χ1) is 15.1. The molecule has 13 heteroatoms. The Kier molecular flexibility index (Phi) is 6.16. The Morgan fingerprint density at radius 3 is 2.72 bits per heavy atom. The summed E-state index contributed by atoms with van der Waals surface area (Å²) in [5.74, 6) is -0.935. The maximum absolute atomic E-state index is 12.8. The fourth-order valence-corrected chi connectivity index (χ4v) is 6.71. The van der Waals surface area contributed by atoms with E-state index in [1.54, 1.807) is 29.6 Å². The lowest BCUT2D eigenvalue weighted by atomic mass is 9.99. The van der Waals surface area contributed by atoms with Crippen molar-refractivity contribution in [2.45, 2.75) is 21.9 Å². The van der Waals surface area contributed by atoms with E-state index >= 15 is 0 Å². The zero-order valence-corrected chi connectivity index (χ0v) is 19.4. The van der Waals surface area contributed by atoms with Crippen LogP contribution in [0.2, 0.25) is 0 Å². The Labute approximate surface area is 189 Å². The maximum Gasteiger partial charge on any atom is 0.322 e. The molecule has 1 N–H and O–H groups in total. The molecular weight excluding hydrogens is 476 g/mol. The number of anilines is 1. The fourth-order valence-electron chi connectivity index (χ4n) is 3.37. The van der Waals surface area contributed by atoms with Gasteiger partial charge < -0.3 is 4.42 Å². The second kappa shape index (κ2) is 8.73. The molecule has 32 heavy (non-hydrogen) atoms. The summed E-state index contributed by atoms with van der Waals surface area (Å²) < 4.78 is 56.0. The third-order valence-electron chi connectivity index (χ3n) is 5.01. The van der Waals surface area contributed by atoms with Crippen molar-refractivity contribution < 1.29 is 26.0 Å². The number of thiophene rings is 1. The summed E-state index contributed by atoms with van der Waals surface area (Å²) in [4.78, 5) is 12.8. The van der Waals surface area contributed by atoms with Crippen molar-refractivity contribution in [1.29, 1.82) is 0 Å². The molecule has 10 nitrogen and oxygen atoms in total. The van der Waals surface area contributed by atoms with Gasteiger partial charge in [-0.1, -0.05) is 17.2 Å². The van der Waals surface area contributed by atoms with Gasteiger partial charge in [-0.3, -0.25) is 10.1 Å². The molecule has 0 spiro atoms. The van der Waals surface area contributed by atoms with Gasteiger partial charge in [0.05, 0.1) is 10.8 Å². The van der Waals surface area contributed by atoms with E-state index in [0.717, 1.165) is 17.6 Å². The molecule has 4 rings (SSSR count). The average Bonchev–Trinajstić information content (AvgIpc) is 3.46. The number of aromatic nitrogens is 2. The summed E-state index contributed by atoms with van der Waals surface area (Å²) in [7, 11) is -7.04. The van der Waals surface area contributed by atoms with E-state index in [-0.39, 0.29) is 27.6 Å². The highest BCUT2D eigenvalue weighted by molar-refractivity contribution is 7.91. The number of nitrogens with zero attached hydrogens (tertiary/aromatic N) is 3. The van der Waals surface area contributed by atoms with Crippen molar-refractivity contribution in [2.24, 2.45) is 5.92 Å². The highest BCUT2D eigenvalue weighted by atomic mass is 32.2. The van der Waals surface area contributed by atoms with Gasteiger partial charge in [0.2, 0.25) is 11.8 Å². The highest BCUT2D eigenvalue weighted by Gasteiger charge is 2.34. The van der Waals surface area contributed by atoms with Crippen molar-refractivity contribution in [3.63, 3.8) is 0 Å². The SMILES string of the molecule is CS(=O)(=O)c1cccc(-c2nnc(NC(=O)C3CCCN(S(=O)(=O)c4cccs4)C3)o2)c1. The number of carbonyl (C=O) groups excluding carboxylic acids is 1. The molecule has 1 atom stereocenters. The molecule has 1 aliphatic heterocycles. The van der Waals surface area contributed by atoms with Crippen LogP contribution in [-0.2, 0) is 24.7 Å². The van der Waals surface area contributed by atoms with Crippen LogP contribution < -0.4 is 5.32 Å². The first-order valence-corrected chi connectivity index (χ1v) is 13.8. The summed E-state index contributed by atoms with van der Waals surface area (Å²) in [6.45, 7) is 0.412. The van der Waals surface area contributed by atoms with Gasteiger partial charge in [0, 0.05) is 24.9 Å². The van der Waals surface area contributed by atoms with E-state index in [1.807, 2.05) is 0 Å². The Morgan fingerprint density at radius 1 is 1.19 bits per heavy atom. The third-order valence-corrected chi connectivity index (χ3v) is 9.36. The molecular formula is C19H20N4O6S3. The summed E-state index contributed by atoms with van der Waals surface area (Å²) in [6.07, 6.45) is 2.17. The number of benzene rings is 1. The lowest BCUT2D eigenvalue weighted by Crippen LogP contribution is -2.43. The zero-order valence-electron chi connectivity index (χ0n) is 17.0. The third kappa shape index (κ3) is 4.75. The van der Waals surface area contributed by atoms with Crippen LogP contribution in [0.5, 0.6) is 0 Å². The van der Waals surface area contributed by atoms with Crippen LogP contribution in [0.3, 0.4) is 0 Å². The normalized spacial score (nSPS) is 17.8. The standard InChI is InChI=1S/C19H20N4O6S3/c1-31(25,26)15-7-2-5-13(11-15)18-21-22-19(29-18)20-17(24)14-6-3-9-23(12-14)32(27,28)16-8-4-10-30-16/h2,4-5,7-8,10-11,14H,3,6,9,12H2,1H3,(H,20,22,24). The molecule has 3 aromatic rings. The Hall–Kier alpha value is -2.61. The lowest BCUT2D eigenvalue weighted by molar-refractivity contribution is -0.121. The van der Waals surface area contributed by atoms with Crippen molar-refractivity contribution in [3.05, 3.63) is 41.8 Å². The molecule has 1 unspecified atom stereocenters. The number of hydrogen-bond donors (Lipinski definition) is 1. The molecule has 1 aromatic carbocycles. The van der Waals surface area contributed by atoms with E-state index < -0.39 is 31.7 Å². The second-order valence-electron chi connectivity index (χ2n) is 7.34. The lowest BCUT2D eigenvalue weighted by Gasteiger charge is -2.30. The number of hydrogen-bond acceptors (Lipinski definition) is 9. The highest BCUT2D eigenvalue weighted by Crippen LogP contribution is 2.28. The Balaban J connectivity index is 1.45. The van der Waals surface area contributed by atoms with E-state index in [2.05, 4.69) is 15.5 Å². The van der Waals surface area contributed by atoms with Crippen molar-refractivity contribution in [3.8, 4) is 11.5 Å². The summed E-state index contributed by atoms with van der Waals surface area (Å²) in [5, 5.41) is 11.9. The Morgan fingerprint density at radius 2 is 2.00 bits per heavy atom. The predicted octanol–water partition coefficient (Wildman–Crippen LogP) is 2.24. The van der Waals surface area contributed by atoms with Gasteiger partial charge in [-0.15, -0.1) is 16.4 Å². The largest absolute Gasteiger partial charge is 0.403 e. The van der Waals surface area contributed by atoms with Crippen LogP contribution in [0, 0.1) is 5.92 Å². The molecule has 1 amide bonds. The van der Waals surface area contributed by atoms with Gasteiger partial charge in [-0.05, 0) is 42.5 Å². The minimum absolute atomic E-state index is 0.0522. The topological polar surface area (TPSA) is 140 Å². The molecule has 3 heterocycles. The fraction of sp³-hybridized carbons (Fsp3) is 0.316. The first kappa shape index (κ1) is 22.6. The summed E-state index contributed by atoms with van der Waals surface area (Å²) >= 11 is 1.14. The van der Waals surface area contributed by atoms with Crippen LogP contribution in [0.25, 0.3) is 11.5 Å². The number of sulfone groups is 1. The molecule has 170 valence electrons. The number of amides is 1. The van der Waals surface area contributed by atoms with Crippen LogP contribution in [0.1, 0.15) is 12.8 Å². The van der Waals surface area contributed by atoms with Crippen molar-refractivity contribution in [1.82, 2.24) is 14.5 Å². The van der Waals surface area contributed by atoms with Crippen LogP contribution in [0.4, 0.5) is 6.01 Å². The van der Waals surface area contributed by atoms with E-state index in [9.17, 15) is 21.6 Å². The number of sulfonamides is 1. The summed E-state index contributed by atoms with van der Waals surface area (Å²) in [5.41, 5.74) is 0.395. The molecule has 0 radical (unpaired) electrons. The van der Waals surface area contributed by atoms with E-state index in [0.29, 0.717) is 24.9 Å². The number of rotatable bonds is 6. The molecule has 1 saturated heterocycles. The summed E-state index contributed by atoms with van der Waals surface area (Å²) in [6, 6.07) is 9.10. The van der Waals surface area contributed by atoms with Crippen LogP contribution >= 0.6 is 11.3 Å². The zero-order chi connectivity index (χ0) is 22.9. The number of nitrogens with one attached hydrogen (secondary N) is 1. The van der Waals surface area contributed by atoms with Gasteiger partial charge in [0.15, 0.2) is 9.84 Å². The van der Waals surface area contributed by atoms with Gasteiger partial charge in [-0.25, -0.2) is 16.8 Å². The van der Waals surface area contributed by atoms with E-state index in [1.165, 1.54) is 16.4 Å². The van der Waals surface area contributed by atoms with Crippen LogP contribution in [-0.4, -0.2) is 56.6 Å². The Bertz CT molecular complexity index is 1330. The molecule has 1 aliphatic rings. The van der Waals surface area contributed by atoms with Crippen molar-refractivity contribution >= 4 is 43.1 Å². The molecule has 2 aromatic heterocycles. The quantitative estimate of drug-likeness (QED) is 0.548. The van der Waals surface area contributed by atoms with Gasteiger partial charge in [0.25, 0.3) is 10.0 Å². The minimum atomic E-state index is -3.63. The van der Waals surface area contributed by atoms with E-state index in [4.69, 9.17) is 4.42 Å². The monoisotopic (exact) mass is 496 g/mol. The molecule has 0 aliphatic carbocycles. The maximum atomic E-state index is 12.8.